The third-order valence-electron chi connectivity index (χ3n) is 3.58. The van der Waals surface area contributed by atoms with Gasteiger partial charge in [0, 0.05) is 13.2 Å². The Bertz CT molecular complexity index is 394. The lowest BCUT2D eigenvalue weighted by atomic mass is 9.91. The van der Waals surface area contributed by atoms with Gasteiger partial charge in [-0.25, -0.2) is 4.98 Å². The van der Waals surface area contributed by atoms with Crippen LogP contribution in [0.25, 0.3) is 0 Å². The molecular formula is C13H21N3O. The van der Waals surface area contributed by atoms with Crippen LogP contribution in [0.3, 0.4) is 0 Å². The summed E-state index contributed by atoms with van der Waals surface area (Å²) in [5, 5.41) is 10.1. The van der Waals surface area contributed by atoms with Crippen molar-refractivity contribution >= 4 is 5.82 Å². The SMILES string of the molecule is Cc1cnc(C)c(N(C)C2CCCCC2O)n1. The molecule has 1 fully saturated rings. The number of aryl methyl sites for hydroxylation is 2. The summed E-state index contributed by atoms with van der Waals surface area (Å²) in [6.45, 7) is 3.91. The van der Waals surface area contributed by atoms with Crippen LogP contribution in [-0.4, -0.2) is 34.3 Å². The van der Waals surface area contributed by atoms with Crippen LogP contribution < -0.4 is 4.90 Å². The third-order valence-corrected chi connectivity index (χ3v) is 3.58. The first-order valence-electron chi connectivity index (χ1n) is 6.30. The summed E-state index contributed by atoms with van der Waals surface area (Å²) in [7, 11) is 2.01. The first kappa shape index (κ1) is 12.3. The highest BCUT2D eigenvalue weighted by Crippen LogP contribution is 2.26. The molecular weight excluding hydrogens is 214 g/mol. The Morgan fingerprint density at radius 2 is 2.00 bits per heavy atom. The third kappa shape index (κ3) is 2.57. The summed E-state index contributed by atoms with van der Waals surface area (Å²) < 4.78 is 0. The van der Waals surface area contributed by atoms with Crippen LogP contribution in [0.4, 0.5) is 5.82 Å². The minimum atomic E-state index is -0.240. The van der Waals surface area contributed by atoms with Crippen LogP contribution in [0, 0.1) is 13.8 Å². The Morgan fingerprint density at radius 1 is 1.29 bits per heavy atom. The zero-order valence-electron chi connectivity index (χ0n) is 10.8. The van der Waals surface area contributed by atoms with Gasteiger partial charge in [-0.3, -0.25) is 4.98 Å². The second-order valence-corrected chi connectivity index (χ2v) is 4.95. The zero-order valence-corrected chi connectivity index (χ0v) is 10.8. The number of hydrogen-bond donors (Lipinski definition) is 1. The van der Waals surface area contributed by atoms with E-state index < -0.39 is 0 Å². The Hall–Kier alpha value is -1.16. The van der Waals surface area contributed by atoms with Crippen molar-refractivity contribution in [2.24, 2.45) is 0 Å². The summed E-state index contributed by atoms with van der Waals surface area (Å²) in [5.74, 6) is 0.899. The Morgan fingerprint density at radius 3 is 2.71 bits per heavy atom. The summed E-state index contributed by atoms with van der Waals surface area (Å²) in [4.78, 5) is 11.0. The molecule has 1 N–H and O–H groups in total. The van der Waals surface area contributed by atoms with Crippen LogP contribution in [-0.2, 0) is 0 Å². The molecule has 4 nitrogen and oxygen atoms in total. The molecule has 4 heteroatoms. The minimum absolute atomic E-state index is 0.179. The van der Waals surface area contributed by atoms with E-state index >= 15 is 0 Å². The molecule has 0 radical (unpaired) electrons. The highest BCUT2D eigenvalue weighted by molar-refractivity contribution is 5.43. The maximum Gasteiger partial charge on any atom is 0.150 e. The molecule has 1 aromatic heterocycles. The van der Waals surface area contributed by atoms with Gasteiger partial charge in [-0.2, -0.15) is 0 Å². The van der Waals surface area contributed by atoms with E-state index in [2.05, 4.69) is 14.9 Å². The van der Waals surface area contributed by atoms with Crippen molar-refractivity contribution in [3.63, 3.8) is 0 Å². The average Bonchev–Trinajstić information content (AvgIpc) is 2.32. The van der Waals surface area contributed by atoms with Gasteiger partial charge in [-0.05, 0) is 26.7 Å². The number of likely N-dealkylation sites (N-methyl/N-ethyl adjacent to an activating group) is 1. The lowest BCUT2D eigenvalue weighted by molar-refractivity contribution is 0.106. The van der Waals surface area contributed by atoms with E-state index in [-0.39, 0.29) is 12.1 Å². The second kappa shape index (κ2) is 5.00. The lowest BCUT2D eigenvalue weighted by Gasteiger charge is -2.36. The molecule has 0 spiro atoms. The maximum atomic E-state index is 10.1. The molecule has 0 aliphatic heterocycles. The molecule has 2 unspecified atom stereocenters. The molecule has 1 aromatic rings. The first-order valence-corrected chi connectivity index (χ1v) is 6.30. The van der Waals surface area contributed by atoms with Crippen LogP contribution in [0.1, 0.15) is 37.1 Å². The highest BCUT2D eigenvalue weighted by Gasteiger charge is 2.28. The molecule has 1 saturated carbocycles. The first-order chi connectivity index (χ1) is 8.09. The Labute approximate surface area is 103 Å². The van der Waals surface area contributed by atoms with Crippen molar-refractivity contribution in [2.75, 3.05) is 11.9 Å². The average molecular weight is 235 g/mol. The monoisotopic (exact) mass is 235 g/mol. The molecule has 1 heterocycles. The predicted octanol–water partition coefficient (Wildman–Crippen LogP) is 1.83. The highest BCUT2D eigenvalue weighted by atomic mass is 16.3. The summed E-state index contributed by atoms with van der Waals surface area (Å²) in [6.07, 6.45) is 5.79. The molecule has 0 aromatic carbocycles. The van der Waals surface area contributed by atoms with Gasteiger partial charge in [0.15, 0.2) is 0 Å². The van der Waals surface area contributed by atoms with Gasteiger partial charge in [0.25, 0.3) is 0 Å². The summed E-state index contributed by atoms with van der Waals surface area (Å²) in [6, 6.07) is 0.179. The number of aliphatic hydroxyl groups excluding tert-OH is 1. The van der Waals surface area contributed by atoms with Gasteiger partial charge >= 0.3 is 0 Å². The normalized spacial score (nSPS) is 24.7. The molecule has 94 valence electrons. The van der Waals surface area contributed by atoms with E-state index in [0.29, 0.717) is 0 Å². The molecule has 2 rings (SSSR count). The molecule has 17 heavy (non-hydrogen) atoms. The quantitative estimate of drug-likeness (QED) is 0.849. The van der Waals surface area contributed by atoms with Crippen molar-refractivity contribution in [1.82, 2.24) is 9.97 Å². The Balaban J connectivity index is 2.23. The van der Waals surface area contributed by atoms with Crippen molar-refractivity contribution in [3.05, 3.63) is 17.6 Å². The van der Waals surface area contributed by atoms with Gasteiger partial charge in [-0.1, -0.05) is 12.8 Å². The van der Waals surface area contributed by atoms with E-state index in [1.165, 1.54) is 6.42 Å². The molecule has 2 atom stereocenters. The van der Waals surface area contributed by atoms with Crippen LogP contribution >= 0.6 is 0 Å². The topological polar surface area (TPSA) is 49.2 Å². The standard InChI is InChI=1S/C13H21N3O/c1-9-8-14-10(2)13(15-9)16(3)11-6-4-5-7-12(11)17/h8,11-12,17H,4-7H2,1-3H3. The molecule has 0 saturated heterocycles. The molecule has 0 bridgehead atoms. The largest absolute Gasteiger partial charge is 0.391 e. The van der Waals surface area contributed by atoms with Crippen LogP contribution in [0.2, 0.25) is 0 Å². The smallest absolute Gasteiger partial charge is 0.150 e. The Kier molecular flexibility index (Phi) is 3.62. The van der Waals surface area contributed by atoms with Crippen molar-refractivity contribution in [2.45, 2.75) is 51.7 Å². The summed E-state index contributed by atoms with van der Waals surface area (Å²) in [5.41, 5.74) is 1.85. The fraction of sp³-hybridized carbons (Fsp3) is 0.692. The number of nitrogens with zero attached hydrogens (tertiary/aromatic N) is 3. The minimum Gasteiger partial charge on any atom is -0.391 e. The molecule has 1 aliphatic carbocycles. The molecule has 1 aliphatic rings. The van der Waals surface area contributed by atoms with E-state index in [4.69, 9.17) is 0 Å². The van der Waals surface area contributed by atoms with Gasteiger partial charge < -0.3 is 10.0 Å². The van der Waals surface area contributed by atoms with Gasteiger partial charge in [-0.15, -0.1) is 0 Å². The number of hydrogen-bond acceptors (Lipinski definition) is 4. The fourth-order valence-electron chi connectivity index (χ4n) is 2.56. The van der Waals surface area contributed by atoms with Gasteiger partial charge in [0.1, 0.15) is 5.82 Å². The number of anilines is 1. The number of aliphatic hydroxyl groups is 1. The van der Waals surface area contributed by atoms with E-state index in [1.807, 2.05) is 20.9 Å². The molecule has 0 amide bonds. The van der Waals surface area contributed by atoms with Gasteiger partial charge in [0.05, 0.1) is 23.5 Å². The van der Waals surface area contributed by atoms with Crippen molar-refractivity contribution in [1.29, 1.82) is 0 Å². The van der Waals surface area contributed by atoms with Crippen LogP contribution in [0.15, 0.2) is 6.20 Å². The van der Waals surface area contributed by atoms with Crippen molar-refractivity contribution in [3.8, 4) is 0 Å². The van der Waals surface area contributed by atoms with E-state index in [0.717, 1.165) is 36.5 Å². The van der Waals surface area contributed by atoms with Gasteiger partial charge in [0.2, 0.25) is 0 Å². The predicted molar refractivity (Wildman–Crippen MR) is 68.2 cm³/mol. The number of rotatable bonds is 2. The fourth-order valence-corrected chi connectivity index (χ4v) is 2.56. The van der Waals surface area contributed by atoms with E-state index in [9.17, 15) is 5.11 Å². The van der Waals surface area contributed by atoms with E-state index in [1.54, 1.807) is 6.20 Å². The maximum absolute atomic E-state index is 10.1. The van der Waals surface area contributed by atoms with Crippen LogP contribution in [0.5, 0.6) is 0 Å². The van der Waals surface area contributed by atoms with Crippen molar-refractivity contribution < 1.29 is 5.11 Å². The lowest BCUT2D eigenvalue weighted by Crippen LogP contribution is -2.44. The second-order valence-electron chi connectivity index (χ2n) is 4.95. The zero-order chi connectivity index (χ0) is 12.4. The number of aromatic nitrogens is 2. The summed E-state index contributed by atoms with van der Waals surface area (Å²) >= 11 is 0.